The molecule has 0 unspecified atom stereocenters. The van der Waals surface area contributed by atoms with Crippen molar-refractivity contribution in [3.05, 3.63) is 76.5 Å². The number of fused-ring (bicyclic) bond motifs is 1. The average Bonchev–Trinajstić information content (AvgIpc) is 3.18. The van der Waals surface area contributed by atoms with Crippen LogP contribution >= 0.6 is 15.9 Å². The number of hydrogen-bond donors (Lipinski definition) is 1. The molecule has 0 atom stereocenters. The van der Waals surface area contributed by atoms with Crippen LogP contribution in [0.5, 0.6) is 5.75 Å². The minimum atomic E-state index is -2.80. The van der Waals surface area contributed by atoms with E-state index in [1.165, 1.54) is 19.4 Å². The van der Waals surface area contributed by atoms with Crippen molar-refractivity contribution < 1.29 is 18.3 Å². The summed E-state index contributed by atoms with van der Waals surface area (Å²) in [5, 5.41) is 6.71. The van der Waals surface area contributed by atoms with Gasteiger partial charge in [-0.15, -0.1) is 0 Å². The van der Waals surface area contributed by atoms with Gasteiger partial charge in [-0.1, -0.05) is 12.1 Å². The molecular weight excluding hydrogens is 458 g/mol. The summed E-state index contributed by atoms with van der Waals surface area (Å²) in [6.07, 6.45) is -1.57. The van der Waals surface area contributed by atoms with E-state index in [1.54, 1.807) is 42.5 Å². The number of para-hydroxylation sites is 1. The molecule has 0 bridgehead atoms. The summed E-state index contributed by atoms with van der Waals surface area (Å²) in [5.41, 5.74) is 1.23. The Hall–Kier alpha value is -3.33. The Bertz CT molecular complexity index is 1230. The molecule has 0 spiro atoms. The van der Waals surface area contributed by atoms with Gasteiger partial charge < -0.3 is 10.1 Å². The molecule has 0 aliphatic heterocycles. The summed E-state index contributed by atoms with van der Waals surface area (Å²) in [6.45, 7) is 0. The molecule has 0 aliphatic carbocycles. The largest absolute Gasteiger partial charge is 0.497 e. The van der Waals surface area contributed by atoms with Gasteiger partial charge in [0.1, 0.15) is 17.0 Å². The van der Waals surface area contributed by atoms with Gasteiger partial charge in [0.15, 0.2) is 5.65 Å². The number of carbonyl (C=O) groups is 1. The fourth-order valence-corrected chi connectivity index (χ4v) is 3.35. The van der Waals surface area contributed by atoms with Crippen molar-refractivity contribution in [2.24, 2.45) is 0 Å². The molecule has 6 nitrogen and oxygen atoms in total. The number of nitrogens with zero attached hydrogens (tertiary/aromatic N) is 3. The number of amides is 1. The number of anilines is 1. The van der Waals surface area contributed by atoms with Gasteiger partial charge in [0.2, 0.25) is 0 Å². The molecule has 1 N–H and O–H groups in total. The van der Waals surface area contributed by atoms with Gasteiger partial charge in [0, 0.05) is 10.0 Å². The Balaban J connectivity index is 1.80. The summed E-state index contributed by atoms with van der Waals surface area (Å²) >= 11 is 3.36. The van der Waals surface area contributed by atoms with Gasteiger partial charge in [-0.05, 0) is 58.4 Å². The van der Waals surface area contributed by atoms with Crippen molar-refractivity contribution in [2.45, 2.75) is 6.43 Å². The van der Waals surface area contributed by atoms with Crippen LogP contribution in [0.3, 0.4) is 0 Å². The molecule has 2 aromatic carbocycles. The van der Waals surface area contributed by atoms with E-state index < -0.39 is 12.3 Å². The van der Waals surface area contributed by atoms with E-state index >= 15 is 0 Å². The van der Waals surface area contributed by atoms with Crippen molar-refractivity contribution in [3.8, 4) is 17.0 Å². The molecule has 0 fully saturated rings. The first-order valence-electron chi connectivity index (χ1n) is 8.85. The number of nitrogens with one attached hydrogen (secondary N) is 1. The maximum atomic E-state index is 13.7. The van der Waals surface area contributed by atoms with Crippen LogP contribution < -0.4 is 10.1 Å². The Kier molecular flexibility index (Phi) is 5.45. The summed E-state index contributed by atoms with van der Waals surface area (Å²) in [5.74, 6) is 0.128. The van der Waals surface area contributed by atoms with Gasteiger partial charge in [-0.25, -0.2) is 18.3 Å². The molecule has 152 valence electrons. The van der Waals surface area contributed by atoms with E-state index in [0.29, 0.717) is 27.2 Å². The number of rotatable bonds is 5. The molecule has 0 radical (unpaired) electrons. The van der Waals surface area contributed by atoms with Crippen LogP contribution in [0.15, 0.2) is 65.3 Å². The molecule has 0 aliphatic rings. The van der Waals surface area contributed by atoms with Gasteiger partial charge in [-0.2, -0.15) is 5.10 Å². The maximum absolute atomic E-state index is 13.7. The third kappa shape index (κ3) is 3.76. The van der Waals surface area contributed by atoms with Crippen molar-refractivity contribution in [1.29, 1.82) is 0 Å². The predicted molar refractivity (Wildman–Crippen MR) is 112 cm³/mol. The van der Waals surface area contributed by atoms with E-state index in [9.17, 15) is 13.6 Å². The smallest absolute Gasteiger partial charge is 0.280 e. The molecule has 0 saturated carbocycles. The van der Waals surface area contributed by atoms with Gasteiger partial charge in [-0.3, -0.25) is 4.79 Å². The summed E-state index contributed by atoms with van der Waals surface area (Å²) in [4.78, 5) is 17.3. The number of methoxy groups -OCH3 is 1. The first-order chi connectivity index (χ1) is 14.5. The lowest BCUT2D eigenvalue weighted by Crippen LogP contribution is -2.13. The SMILES string of the molecule is COc1ccc(-c2cc(C(F)F)n3ncc(C(=O)Nc4ccccc4Br)c3n2)cc1. The molecule has 1 amide bonds. The topological polar surface area (TPSA) is 68.5 Å². The first-order valence-corrected chi connectivity index (χ1v) is 9.64. The highest BCUT2D eigenvalue weighted by Gasteiger charge is 2.22. The zero-order valence-corrected chi connectivity index (χ0v) is 17.2. The van der Waals surface area contributed by atoms with Crippen LogP contribution in [0, 0.1) is 0 Å². The number of alkyl halides is 2. The highest BCUT2D eigenvalue weighted by Crippen LogP contribution is 2.28. The van der Waals surface area contributed by atoms with E-state index in [0.717, 1.165) is 4.52 Å². The van der Waals surface area contributed by atoms with Crippen LogP contribution in [0.2, 0.25) is 0 Å². The Morgan fingerprint density at radius 2 is 1.90 bits per heavy atom. The zero-order valence-electron chi connectivity index (χ0n) is 15.6. The molecule has 4 rings (SSSR count). The van der Waals surface area contributed by atoms with Crippen molar-refractivity contribution >= 4 is 33.2 Å². The number of ether oxygens (including phenoxy) is 1. The summed E-state index contributed by atoms with van der Waals surface area (Å²) in [7, 11) is 1.54. The van der Waals surface area contributed by atoms with Crippen LogP contribution in [0.1, 0.15) is 22.5 Å². The number of halogens is 3. The van der Waals surface area contributed by atoms with Gasteiger partial charge in [0.05, 0.1) is 24.7 Å². The molecule has 30 heavy (non-hydrogen) atoms. The van der Waals surface area contributed by atoms with E-state index in [2.05, 4.69) is 31.3 Å². The van der Waals surface area contributed by atoms with Gasteiger partial charge in [0.25, 0.3) is 12.3 Å². The minimum absolute atomic E-state index is 0.0446. The Labute approximate surface area is 178 Å². The summed E-state index contributed by atoms with van der Waals surface area (Å²) < 4.78 is 34.2. The second-order valence-electron chi connectivity index (χ2n) is 6.32. The molecule has 4 aromatic rings. The van der Waals surface area contributed by atoms with Crippen LogP contribution in [-0.4, -0.2) is 27.6 Å². The highest BCUT2D eigenvalue weighted by atomic mass is 79.9. The predicted octanol–water partition coefficient (Wildman–Crippen LogP) is 5.36. The average molecular weight is 473 g/mol. The normalized spacial score (nSPS) is 11.1. The highest BCUT2D eigenvalue weighted by molar-refractivity contribution is 9.10. The minimum Gasteiger partial charge on any atom is -0.497 e. The van der Waals surface area contributed by atoms with Gasteiger partial charge >= 0.3 is 0 Å². The fraction of sp³-hybridized carbons (Fsp3) is 0.0952. The number of aromatic nitrogens is 3. The summed E-state index contributed by atoms with van der Waals surface area (Å²) in [6, 6.07) is 15.2. The lowest BCUT2D eigenvalue weighted by atomic mass is 10.1. The number of benzene rings is 2. The lowest BCUT2D eigenvalue weighted by Gasteiger charge is -2.10. The van der Waals surface area contributed by atoms with E-state index in [4.69, 9.17) is 4.74 Å². The lowest BCUT2D eigenvalue weighted by molar-refractivity contribution is 0.102. The zero-order chi connectivity index (χ0) is 21.3. The van der Waals surface area contributed by atoms with Crippen LogP contribution in [0.4, 0.5) is 14.5 Å². The maximum Gasteiger partial charge on any atom is 0.280 e. The number of hydrogen-bond acceptors (Lipinski definition) is 4. The third-order valence-corrected chi connectivity index (χ3v) is 5.17. The van der Waals surface area contributed by atoms with Crippen LogP contribution in [0.25, 0.3) is 16.9 Å². The molecule has 2 aromatic heterocycles. The fourth-order valence-electron chi connectivity index (χ4n) is 2.96. The molecule has 2 heterocycles. The second kappa shape index (κ2) is 8.19. The standard InChI is InChI=1S/C21H15BrF2N4O2/c1-30-13-8-6-12(7-9-13)17-10-18(19(23)24)28-20(26-17)14(11-25-28)21(29)27-16-5-3-2-4-15(16)22/h2-11,19H,1H3,(H,27,29). The Morgan fingerprint density at radius 1 is 1.17 bits per heavy atom. The van der Waals surface area contributed by atoms with Crippen molar-refractivity contribution in [3.63, 3.8) is 0 Å². The quantitative estimate of drug-likeness (QED) is 0.424. The first kappa shape index (κ1) is 20.0. The number of carbonyl (C=O) groups excluding carboxylic acids is 1. The van der Waals surface area contributed by atoms with Crippen LogP contribution in [-0.2, 0) is 0 Å². The van der Waals surface area contributed by atoms with Crippen molar-refractivity contribution in [2.75, 3.05) is 12.4 Å². The molecular formula is C21H15BrF2N4O2. The third-order valence-electron chi connectivity index (χ3n) is 4.48. The Morgan fingerprint density at radius 3 is 2.57 bits per heavy atom. The second-order valence-corrected chi connectivity index (χ2v) is 7.18. The molecule has 0 saturated heterocycles. The monoisotopic (exact) mass is 472 g/mol. The van der Waals surface area contributed by atoms with E-state index in [1.807, 2.05) is 6.07 Å². The molecule has 9 heteroatoms. The van der Waals surface area contributed by atoms with E-state index in [-0.39, 0.29) is 16.9 Å². The van der Waals surface area contributed by atoms with Crippen molar-refractivity contribution in [1.82, 2.24) is 14.6 Å².